The van der Waals surface area contributed by atoms with Crippen molar-refractivity contribution in [3.63, 3.8) is 0 Å². The topological polar surface area (TPSA) is 122 Å². The van der Waals surface area contributed by atoms with Gasteiger partial charge in [0.05, 0.1) is 42.3 Å². The lowest BCUT2D eigenvalue weighted by Gasteiger charge is -2.31. The maximum absolute atomic E-state index is 13.6. The molecular weight excluding hydrogens is 691 g/mol. The van der Waals surface area contributed by atoms with E-state index in [9.17, 15) is 12.8 Å². The average molecular weight is 722 g/mol. The Morgan fingerprint density at radius 2 is 1.91 bits per heavy atom. The van der Waals surface area contributed by atoms with Crippen LogP contribution < -0.4 is 14.8 Å². The molecule has 0 saturated carbocycles. The molecule has 3 aromatic carbocycles. The van der Waals surface area contributed by atoms with E-state index in [1.807, 2.05) is 36.4 Å². The lowest BCUT2D eigenvalue weighted by atomic mass is 9.90. The highest BCUT2D eigenvalue weighted by atomic mass is 79.9. The second-order valence-electron chi connectivity index (χ2n) is 10.7. The number of ether oxygens (including phenoxy) is 4. The van der Waals surface area contributed by atoms with E-state index in [-0.39, 0.29) is 36.4 Å². The zero-order valence-electron chi connectivity index (χ0n) is 25.2. The van der Waals surface area contributed by atoms with Crippen molar-refractivity contribution < 1.29 is 31.8 Å². The van der Waals surface area contributed by atoms with Gasteiger partial charge < -0.3 is 24.3 Å². The molecule has 0 saturated heterocycles. The Bertz CT molecular complexity index is 2020. The van der Waals surface area contributed by atoms with Crippen LogP contribution in [-0.4, -0.2) is 49.4 Å². The van der Waals surface area contributed by atoms with Gasteiger partial charge in [-0.3, -0.25) is 0 Å². The van der Waals surface area contributed by atoms with Crippen LogP contribution in [0.3, 0.4) is 0 Å². The maximum atomic E-state index is 13.6. The van der Waals surface area contributed by atoms with Gasteiger partial charge in [-0.1, -0.05) is 18.2 Å². The SMILES string of the molecule is COc1cc2ncnc(Nc3ccc(OCc4cccc(F)c4)c(Br)c3)c2cc1C1(COCCS(=O)(=O)c2ccccn2)CC=CO1. The van der Waals surface area contributed by atoms with Crippen LogP contribution in [0.1, 0.15) is 17.5 Å². The molecule has 0 amide bonds. The van der Waals surface area contributed by atoms with Gasteiger partial charge in [0.1, 0.15) is 36.1 Å². The summed E-state index contributed by atoms with van der Waals surface area (Å²) in [6.07, 6.45) is 6.87. The molecule has 5 aromatic rings. The van der Waals surface area contributed by atoms with E-state index in [1.165, 1.54) is 30.7 Å². The predicted octanol–water partition coefficient (Wildman–Crippen LogP) is 6.88. The number of nitrogens with one attached hydrogen (secondary N) is 1. The van der Waals surface area contributed by atoms with Gasteiger partial charge in [0, 0.05) is 35.3 Å². The Kier molecular flexibility index (Phi) is 9.66. The lowest BCUT2D eigenvalue weighted by Crippen LogP contribution is -2.32. The van der Waals surface area contributed by atoms with Crippen LogP contribution in [-0.2, 0) is 31.5 Å². The fraction of sp³-hybridized carbons (Fsp3) is 0.206. The molecule has 1 atom stereocenters. The summed E-state index contributed by atoms with van der Waals surface area (Å²) in [7, 11) is -2.04. The number of halogens is 2. The number of fused-ring (bicyclic) bond motifs is 1. The summed E-state index contributed by atoms with van der Waals surface area (Å²) in [6.45, 7) is 0.236. The number of benzene rings is 3. The zero-order valence-corrected chi connectivity index (χ0v) is 27.6. The van der Waals surface area contributed by atoms with Crippen molar-refractivity contribution in [3.05, 3.63) is 119 Å². The number of hydrogen-bond acceptors (Lipinski definition) is 10. The fourth-order valence-electron chi connectivity index (χ4n) is 5.18. The summed E-state index contributed by atoms with van der Waals surface area (Å²) in [5.41, 5.74) is 1.83. The fourth-order valence-corrected chi connectivity index (χ4v) is 6.73. The molecule has 0 fully saturated rings. The highest BCUT2D eigenvalue weighted by Gasteiger charge is 2.39. The second kappa shape index (κ2) is 14.0. The smallest absolute Gasteiger partial charge is 0.197 e. The van der Waals surface area contributed by atoms with Crippen LogP contribution >= 0.6 is 15.9 Å². The molecule has 0 aliphatic carbocycles. The van der Waals surface area contributed by atoms with E-state index >= 15 is 0 Å². The number of aromatic nitrogens is 3. The molecule has 6 rings (SSSR count). The zero-order chi connectivity index (χ0) is 32.9. The molecule has 3 heterocycles. The van der Waals surface area contributed by atoms with Gasteiger partial charge in [-0.2, -0.15) is 0 Å². The minimum absolute atomic E-state index is 0.00591. The second-order valence-corrected chi connectivity index (χ2v) is 13.6. The molecule has 47 heavy (non-hydrogen) atoms. The van der Waals surface area contributed by atoms with E-state index in [1.54, 1.807) is 37.6 Å². The molecule has 1 N–H and O–H groups in total. The van der Waals surface area contributed by atoms with Crippen molar-refractivity contribution in [2.24, 2.45) is 0 Å². The van der Waals surface area contributed by atoms with E-state index < -0.39 is 15.4 Å². The van der Waals surface area contributed by atoms with Crippen LogP contribution in [0.5, 0.6) is 11.5 Å². The van der Waals surface area contributed by atoms with Gasteiger partial charge in [0.25, 0.3) is 0 Å². The van der Waals surface area contributed by atoms with E-state index in [0.717, 1.165) is 11.3 Å². The number of methoxy groups -OCH3 is 1. The predicted molar refractivity (Wildman–Crippen MR) is 178 cm³/mol. The summed E-state index contributed by atoms with van der Waals surface area (Å²) >= 11 is 3.57. The Hall–Kier alpha value is -4.59. The molecular formula is C34H30BrFN4O6S. The van der Waals surface area contributed by atoms with Gasteiger partial charge in [-0.05, 0) is 76.1 Å². The normalized spacial score (nSPS) is 15.8. The minimum Gasteiger partial charge on any atom is -0.496 e. The highest BCUT2D eigenvalue weighted by molar-refractivity contribution is 9.10. The number of sulfone groups is 1. The van der Waals surface area contributed by atoms with Crippen molar-refractivity contribution in [1.82, 2.24) is 15.0 Å². The number of pyridine rings is 1. The maximum Gasteiger partial charge on any atom is 0.197 e. The Morgan fingerprint density at radius 1 is 1.02 bits per heavy atom. The molecule has 1 unspecified atom stereocenters. The lowest BCUT2D eigenvalue weighted by molar-refractivity contribution is -0.0430. The molecule has 0 spiro atoms. The van der Waals surface area contributed by atoms with Crippen molar-refractivity contribution in [2.45, 2.75) is 23.7 Å². The monoisotopic (exact) mass is 720 g/mol. The van der Waals surface area contributed by atoms with Crippen LogP contribution in [0.2, 0.25) is 0 Å². The molecule has 13 heteroatoms. The minimum atomic E-state index is -3.61. The van der Waals surface area contributed by atoms with Crippen molar-refractivity contribution >= 4 is 48.2 Å². The summed E-state index contributed by atoms with van der Waals surface area (Å²) in [5, 5.41) is 4.07. The summed E-state index contributed by atoms with van der Waals surface area (Å²) in [6, 6.07) is 20.3. The molecule has 0 radical (unpaired) electrons. The van der Waals surface area contributed by atoms with Crippen molar-refractivity contribution in [2.75, 3.05) is 31.4 Å². The van der Waals surface area contributed by atoms with Crippen LogP contribution in [0.15, 0.2) is 107 Å². The van der Waals surface area contributed by atoms with Gasteiger partial charge >= 0.3 is 0 Å². The van der Waals surface area contributed by atoms with Gasteiger partial charge in [-0.15, -0.1) is 0 Å². The Labute approximate surface area is 279 Å². The highest BCUT2D eigenvalue weighted by Crippen LogP contribution is 2.43. The standard InChI is InChI=1S/C34H30BrFN4O6S/c1-43-31-19-29-26(18-27(31)34(11-5-13-46-34)21-44-14-15-47(41,42)32-8-2-3-12-37-32)33(39-22-38-29)40-25-9-10-30(28(35)17-25)45-20-23-6-4-7-24(36)16-23/h2-10,12-13,16-19,22H,11,14-15,20-21H2,1H3,(H,38,39,40). The third-order valence-corrected chi connectivity index (χ3v) is 9.75. The van der Waals surface area contributed by atoms with Gasteiger partial charge in [0.15, 0.2) is 20.5 Å². The number of rotatable bonds is 13. The molecule has 1 aliphatic heterocycles. The van der Waals surface area contributed by atoms with Crippen molar-refractivity contribution in [3.8, 4) is 11.5 Å². The molecule has 0 bridgehead atoms. The van der Waals surface area contributed by atoms with Gasteiger partial charge in [0.2, 0.25) is 0 Å². The van der Waals surface area contributed by atoms with Gasteiger partial charge in [-0.25, -0.2) is 27.8 Å². The van der Waals surface area contributed by atoms with Crippen molar-refractivity contribution in [1.29, 1.82) is 0 Å². The number of nitrogens with zero attached hydrogens (tertiary/aromatic N) is 3. The summed E-state index contributed by atoms with van der Waals surface area (Å²) in [5.74, 6) is 1.14. The third-order valence-electron chi connectivity index (χ3n) is 7.55. The van der Waals surface area contributed by atoms with E-state index in [4.69, 9.17) is 18.9 Å². The first-order chi connectivity index (χ1) is 22.8. The summed E-state index contributed by atoms with van der Waals surface area (Å²) < 4.78 is 63.4. The first kappa shape index (κ1) is 32.4. The van der Waals surface area contributed by atoms with E-state index in [2.05, 4.69) is 36.2 Å². The van der Waals surface area contributed by atoms with Crippen LogP contribution in [0.4, 0.5) is 15.9 Å². The first-order valence-corrected chi connectivity index (χ1v) is 17.0. The molecule has 10 nitrogen and oxygen atoms in total. The largest absolute Gasteiger partial charge is 0.496 e. The number of anilines is 2. The Morgan fingerprint density at radius 3 is 2.66 bits per heavy atom. The van der Waals surface area contributed by atoms with E-state index in [0.29, 0.717) is 44.7 Å². The average Bonchev–Trinajstić information content (AvgIpc) is 3.56. The molecule has 1 aliphatic rings. The Balaban J connectivity index is 1.22. The molecule has 2 aromatic heterocycles. The molecule has 242 valence electrons. The quantitative estimate of drug-likeness (QED) is 0.129. The van der Waals surface area contributed by atoms with Crippen LogP contribution in [0, 0.1) is 5.82 Å². The van der Waals surface area contributed by atoms with Crippen LogP contribution in [0.25, 0.3) is 10.9 Å². The number of hydrogen-bond donors (Lipinski definition) is 1. The third kappa shape index (κ3) is 7.37. The first-order valence-electron chi connectivity index (χ1n) is 14.6. The summed E-state index contributed by atoms with van der Waals surface area (Å²) in [4.78, 5) is 12.9.